The molecule has 0 heterocycles. The molecule has 2 saturated carbocycles. The van der Waals surface area contributed by atoms with Gasteiger partial charge in [-0.05, 0) is 0 Å². The van der Waals surface area contributed by atoms with E-state index in [0.717, 1.165) is 0 Å². The summed E-state index contributed by atoms with van der Waals surface area (Å²) in [5.41, 5.74) is 0. The second kappa shape index (κ2) is 19.7. The summed E-state index contributed by atoms with van der Waals surface area (Å²) in [5.74, 6) is 0. The van der Waals surface area contributed by atoms with Crippen LogP contribution in [0.25, 0.3) is 0 Å². The Kier molecular flexibility index (Phi) is 22.6. The Hall–Kier alpha value is 0.363. The van der Waals surface area contributed by atoms with Gasteiger partial charge in [0.2, 0.25) is 0 Å². The van der Waals surface area contributed by atoms with Crippen LogP contribution in [0.4, 0.5) is 0 Å². The van der Waals surface area contributed by atoms with Crippen LogP contribution in [0.5, 0.6) is 0 Å². The van der Waals surface area contributed by atoms with Gasteiger partial charge in [-0.15, -0.1) is 0 Å². The molecule has 0 aromatic rings. The zero-order valence-corrected chi connectivity index (χ0v) is 14.5. The van der Waals surface area contributed by atoms with Crippen molar-refractivity contribution in [3.8, 4) is 0 Å². The van der Waals surface area contributed by atoms with Gasteiger partial charge in [0.25, 0.3) is 0 Å². The van der Waals surface area contributed by atoms with E-state index in [1.54, 1.807) is 6.08 Å². The molecule has 101 valence electrons. The first-order chi connectivity index (χ1) is 8.41. The molecule has 18 heavy (non-hydrogen) atoms. The number of rotatable bonds is 1. The molecule has 0 unspecified atom stereocenters. The van der Waals surface area contributed by atoms with Gasteiger partial charge >= 0.3 is 26.2 Å². The van der Waals surface area contributed by atoms with Crippen molar-refractivity contribution in [2.24, 2.45) is 0 Å². The van der Waals surface area contributed by atoms with Crippen LogP contribution >= 0.6 is 0 Å². The fourth-order valence-corrected chi connectivity index (χ4v) is 1.91. The zero-order valence-electron chi connectivity index (χ0n) is 12.0. The van der Waals surface area contributed by atoms with E-state index in [9.17, 15) is 0 Å². The first-order valence-corrected chi connectivity index (χ1v) is 7.21. The Labute approximate surface area is 134 Å². The van der Waals surface area contributed by atoms with E-state index in [1.807, 2.05) is 13.0 Å². The molecule has 2 aliphatic carbocycles. The van der Waals surface area contributed by atoms with Crippen molar-refractivity contribution < 1.29 is 26.2 Å². The molecule has 0 N–H and O–H groups in total. The van der Waals surface area contributed by atoms with Crippen LogP contribution in [-0.4, -0.2) is 0 Å². The number of hydrogen-bond donors (Lipinski definition) is 0. The standard InChI is InChI=1S/2C6H11.C5H7.Zr/c2*1-2-4-6-5-3-1;1-3-5-4-2;/h2*1H,2-6H2;1,3-5H,2H3;/q3*-1;+3. The molecule has 0 aromatic carbocycles. The Balaban J connectivity index is 0. The molecule has 2 fully saturated rings. The summed E-state index contributed by atoms with van der Waals surface area (Å²) in [5, 5.41) is 0. The Morgan fingerprint density at radius 1 is 0.778 bits per heavy atom. The average molecular weight is 325 g/mol. The van der Waals surface area contributed by atoms with E-state index in [1.165, 1.54) is 70.3 Å². The summed E-state index contributed by atoms with van der Waals surface area (Å²) in [6.07, 6.45) is 24.2. The van der Waals surface area contributed by atoms with Crippen molar-refractivity contribution in [2.45, 2.75) is 71.1 Å². The minimum atomic E-state index is 0. The first kappa shape index (κ1) is 20.7. The maximum Gasteiger partial charge on any atom is 3.00 e. The molecule has 1 heteroatoms. The van der Waals surface area contributed by atoms with Crippen molar-refractivity contribution in [2.75, 3.05) is 0 Å². The van der Waals surface area contributed by atoms with Gasteiger partial charge in [0.15, 0.2) is 0 Å². The van der Waals surface area contributed by atoms with Gasteiger partial charge in [-0.1, -0.05) is 45.4 Å². The van der Waals surface area contributed by atoms with Crippen molar-refractivity contribution >= 4 is 0 Å². The molecule has 0 aromatic heterocycles. The van der Waals surface area contributed by atoms with E-state index in [4.69, 9.17) is 6.58 Å². The normalized spacial score (nSPS) is 18.5. The maximum atomic E-state index is 4.93. The third kappa shape index (κ3) is 18.7. The summed E-state index contributed by atoms with van der Waals surface area (Å²) >= 11 is 0. The van der Waals surface area contributed by atoms with Gasteiger partial charge in [0, 0.05) is 0 Å². The third-order valence-corrected chi connectivity index (χ3v) is 2.94. The zero-order chi connectivity index (χ0) is 12.6. The Morgan fingerprint density at radius 3 is 1.22 bits per heavy atom. The Bertz CT molecular complexity index is 129. The van der Waals surface area contributed by atoms with Gasteiger partial charge in [-0.3, -0.25) is 6.58 Å². The van der Waals surface area contributed by atoms with Gasteiger partial charge in [-0.25, -0.2) is 12.2 Å². The van der Waals surface area contributed by atoms with Gasteiger partial charge in [-0.2, -0.15) is 31.8 Å². The minimum Gasteiger partial charge on any atom is -0.328 e. The Morgan fingerprint density at radius 2 is 1.17 bits per heavy atom. The van der Waals surface area contributed by atoms with E-state index in [0.29, 0.717) is 0 Å². The molecule has 0 bridgehead atoms. The smallest absolute Gasteiger partial charge is 0.328 e. The van der Waals surface area contributed by atoms with Crippen LogP contribution in [0.2, 0.25) is 0 Å². The molecular weight excluding hydrogens is 295 g/mol. The van der Waals surface area contributed by atoms with Crippen LogP contribution < -0.4 is 0 Å². The summed E-state index contributed by atoms with van der Waals surface area (Å²) in [6, 6.07) is 0. The summed E-state index contributed by atoms with van der Waals surface area (Å²) in [4.78, 5) is 0. The molecule has 1 radical (unpaired) electrons. The van der Waals surface area contributed by atoms with E-state index in [2.05, 4.69) is 12.8 Å². The summed E-state index contributed by atoms with van der Waals surface area (Å²) in [7, 11) is 0. The van der Waals surface area contributed by atoms with Crippen LogP contribution in [0.15, 0.2) is 18.2 Å². The predicted molar refractivity (Wildman–Crippen MR) is 78.5 cm³/mol. The van der Waals surface area contributed by atoms with Crippen molar-refractivity contribution in [3.05, 3.63) is 37.6 Å². The van der Waals surface area contributed by atoms with E-state index < -0.39 is 0 Å². The molecular formula is C17H29Zr. The maximum absolute atomic E-state index is 4.93. The fraction of sp³-hybridized carbons (Fsp3) is 0.647. The first-order valence-electron chi connectivity index (χ1n) is 7.21. The molecule has 0 atom stereocenters. The van der Waals surface area contributed by atoms with Crippen molar-refractivity contribution in [1.82, 2.24) is 0 Å². The molecule has 0 nitrogen and oxygen atoms in total. The molecule has 2 rings (SSSR count). The van der Waals surface area contributed by atoms with Crippen LogP contribution in [-0.2, 0) is 26.2 Å². The molecule has 0 spiro atoms. The second-order valence-corrected chi connectivity index (χ2v) is 4.57. The molecule has 0 amide bonds. The largest absolute Gasteiger partial charge is 3.00 e. The predicted octanol–water partition coefficient (Wildman–Crippen LogP) is 5.86. The minimum absolute atomic E-state index is 0. The monoisotopic (exact) mass is 323 g/mol. The second-order valence-electron chi connectivity index (χ2n) is 4.57. The average Bonchev–Trinajstić information content (AvgIpc) is 2.45. The van der Waals surface area contributed by atoms with Gasteiger partial charge < -0.3 is 12.8 Å². The number of hydrogen-bond acceptors (Lipinski definition) is 0. The third-order valence-electron chi connectivity index (χ3n) is 2.94. The van der Waals surface area contributed by atoms with E-state index >= 15 is 0 Å². The number of allylic oxidation sites excluding steroid dienone is 3. The summed E-state index contributed by atoms with van der Waals surface area (Å²) in [6.45, 7) is 6.85. The SMILES string of the molecule is [CH-]1CCCCC1.[CH-]1CCCCC1.[CH-]=CC=CC.[Zr+3]. The van der Waals surface area contributed by atoms with Crippen molar-refractivity contribution in [3.63, 3.8) is 0 Å². The molecule has 0 aliphatic heterocycles. The van der Waals surface area contributed by atoms with Gasteiger partial charge in [0.05, 0.1) is 0 Å². The van der Waals surface area contributed by atoms with Crippen LogP contribution in [0.3, 0.4) is 0 Å². The summed E-state index contributed by atoms with van der Waals surface area (Å²) < 4.78 is 0. The van der Waals surface area contributed by atoms with Crippen molar-refractivity contribution in [1.29, 1.82) is 0 Å². The fourth-order valence-electron chi connectivity index (χ4n) is 1.91. The quantitative estimate of drug-likeness (QED) is 0.418. The topological polar surface area (TPSA) is 0 Å². The van der Waals surface area contributed by atoms with E-state index in [-0.39, 0.29) is 26.2 Å². The molecule has 2 aliphatic rings. The van der Waals surface area contributed by atoms with Crippen LogP contribution in [0, 0.1) is 19.4 Å². The molecule has 0 saturated heterocycles. The van der Waals surface area contributed by atoms with Crippen LogP contribution in [0.1, 0.15) is 71.1 Å². The van der Waals surface area contributed by atoms with Gasteiger partial charge in [0.1, 0.15) is 0 Å².